The van der Waals surface area contributed by atoms with Gasteiger partial charge in [0.25, 0.3) is 0 Å². The minimum Gasteiger partial charge on any atom is -0.409 e. The number of aryl methyl sites for hydroxylation is 2. The van der Waals surface area contributed by atoms with Crippen LogP contribution in [0.1, 0.15) is 22.6 Å². The second kappa shape index (κ2) is 5.35. The van der Waals surface area contributed by atoms with Gasteiger partial charge in [0.05, 0.1) is 5.69 Å². The maximum Gasteiger partial charge on any atom is 0.211 e. The first kappa shape index (κ1) is 12.2. The molecule has 2 aromatic rings. The number of hydrogen-bond acceptors (Lipinski definition) is 4. The first-order chi connectivity index (χ1) is 8.70. The standard InChI is InChI=1S/C13H15N3O2/c1-9-5-3-4-6-11(9)8-14-13(15-17)12-7-10(2)16-18-12/h3-7,17H,8H2,1-2H3,(H,14,15). The normalized spacial score (nSPS) is 11.6. The zero-order chi connectivity index (χ0) is 13.0. The number of hydrogen-bond donors (Lipinski definition) is 2. The zero-order valence-electron chi connectivity index (χ0n) is 10.3. The van der Waals surface area contributed by atoms with Crippen LogP contribution in [0.5, 0.6) is 0 Å². The van der Waals surface area contributed by atoms with E-state index in [0.717, 1.165) is 11.3 Å². The summed E-state index contributed by atoms with van der Waals surface area (Å²) in [6.07, 6.45) is 0. The van der Waals surface area contributed by atoms with Crippen LogP contribution in [-0.2, 0) is 6.54 Å². The van der Waals surface area contributed by atoms with Crippen molar-refractivity contribution in [3.05, 3.63) is 52.9 Å². The molecule has 1 heterocycles. The maximum absolute atomic E-state index is 8.97. The van der Waals surface area contributed by atoms with E-state index in [2.05, 4.69) is 15.6 Å². The molecule has 0 aliphatic carbocycles. The molecule has 0 saturated carbocycles. The quantitative estimate of drug-likeness (QED) is 0.376. The first-order valence-corrected chi connectivity index (χ1v) is 5.65. The van der Waals surface area contributed by atoms with Crippen LogP contribution in [0.4, 0.5) is 0 Å². The highest BCUT2D eigenvalue weighted by Gasteiger charge is 2.10. The highest BCUT2D eigenvalue weighted by Crippen LogP contribution is 2.08. The third kappa shape index (κ3) is 2.68. The van der Waals surface area contributed by atoms with Gasteiger partial charge in [-0.15, -0.1) is 0 Å². The summed E-state index contributed by atoms with van der Waals surface area (Å²) in [5, 5.41) is 18.9. The Morgan fingerprint density at radius 1 is 1.39 bits per heavy atom. The van der Waals surface area contributed by atoms with Crippen LogP contribution < -0.4 is 5.32 Å². The van der Waals surface area contributed by atoms with Crippen LogP contribution in [0.2, 0.25) is 0 Å². The third-order valence-corrected chi connectivity index (χ3v) is 2.67. The lowest BCUT2D eigenvalue weighted by atomic mass is 10.1. The molecular formula is C13H15N3O2. The van der Waals surface area contributed by atoms with Crippen LogP contribution in [0.3, 0.4) is 0 Å². The van der Waals surface area contributed by atoms with Crippen molar-refractivity contribution >= 4 is 5.84 Å². The second-order valence-corrected chi connectivity index (χ2v) is 4.06. The predicted octanol–water partition coefficient (Wildman–Crippen LogP) is 2.22. The van der Waals surface area contributed by atoms with E-state index >= 15 is 0 Å². The number of aromatic nitrogens is 1. The molecule has 2 rings (SSSR count). The van der Waals surface area contributed by atoms with Crippen LogP contribution in [0, 0.1) is 13.8 Å². The van der Waals surface area contributed by atoms with E-state index in [4.69, 9.17) is 9.73 Å². The molecule has 0 bridgehead atoms. The molecule has 1 aromatic carbocycles. The van der Waals surface area contributed by atoms with Gasteiger partial charge in [-0.05, 0) is 25.0 Å². The van der Waals surface area contributed by atoms with Crippen molar-refractivity contribution in [2.24, 2.45) is 5.16 Å². The minimum atomic E-state index is 0.277. The minimum absolute atomic E-state index is 0.277. The smallest absolute Gasteiger partial charge is 0.211 e. The van der Waals surface area contributed by atoms with Crippen LogP contribution in [0.15, 0.2) is 40.0 Å². The molecule has 5 heteroatoms. The first-order valence-electron chi connectivity index (χ1n) is 5.65. The topological polar surface area (TPSA) is 70.7 Å². The summed E-state index contributed by atoms with van der Waals surface area (Å²) in [7, 11) is 0. The third-order valence-electron chi connectivity index (χ3n) is 2.67. The number of rotatable bonds is 3. The summed E-state index contributed by atoms with van der Waals surface area (Å²) < 4.78 is 5.03. The van der Waals surface area contributed by atoms with E-state index in [9.17, 15) is 0 Å². The fourth-order valence-corrected chi connectivity index (χ4v) is 1.63. The molecule has 94 valence electrons. The van der Waals surface area contributed by atoms with Crippen molar-refractivity contribution in [1.29, 1.82) is 0 Å². The van der Waals surface area contributed by atoms with Gasteiger partial charge in [-0.1, -0.05) is 34.6 Å². The molecule has 0 spiro atoms. The van der Waals surface area contributed by atoms with Gasteiger partial charge in [-0.2, -0.15) is 0 Å². The molecule has 2 N–H and O–H groups in total. The average molecular weight is 245 g/mol. The molecule has 0 aliphatic rings. The summed E-state index contributed by atoms with van der Waals surface area (Å²) in [5.41, 5.74) is 3.05. The van der Waals surface area contributed by atoms with Gasteiger partial charge < -0.3 is 15.0 Å². The molecule has 0 unspecified atom stereocenters. The summed E-state index contributed by atoms with van der Waals surface area (Å²) >= 11 is 0. The van der Waals surface area contributed by atoms with Gasteiger partial charge in [0.2, 0.25) is 11.6 Å². The highest BCUT2D eigenvalue weighted by atomic mass is 16.5. The second-order valence-electron chi connectivity index (χ2n) is 4.06. The number of benzene rings is 1. The Labute approximate surface area is 105 Å². The van der Waals surface area contributed by atoms with Gasteiger partial charge in [0.1, 0.15) is 0 Å². The molecule has 0 radical (unpaired) electrons. The van der Waals surface area contributed by atoms with Crippen molar-refractivity contribution in [2.75, 3.05) is 0 Å². The number of oxime groups is 1. The Bertz CT molecular complexity index is 561. The monoisotopic (exact) mass is 245 g/mol. The molecule has 5 nitrogen and oxygen atoms in total. The fraction of sp³-hybridized carbons (Fsp3) is 0.231. The molecule has 18 heavy (non-hydrogen) atoms. The molecule has 0 aliphatic heterocycles. The average Bonchev–Trinajstić information content (AvgIpc) is 2.79. The predicted molar refractivity (Wildman–Crippen MR) is 67.6 cm³/mol. The van der Waals surface area contributed by atoms with Gasteiger partial charge in [-0.25, -0.2) is 0 Å². The van der Waals surface area contributed by atoms with Crippen molar-refractivity contribution < 1.29 is 9.73 Å². The zero-order valence-corrected chi connectivity index (χ0v) is 10.3. The summed E-state index contributed by atoms with van der Waals surface area (Å²) in [6.45, 7) is 4.40. The Hall–Kier alpha value is -2.30. The largest absolute Gasteiger partial charge is 0.409 e. The van der Waals surface area contributed by atoms with Crippen LogP contribution >= 0.6 is 0 Å². The van der Waals surface area contributed by atoms with Crippen LogP contribution in [-0.4, -0.2) is 16.2 Å². The Morgan fingerprint density at radius 3 is 2.78 bits per heavy atom. The summed E-state index contributed by atoms with van der Waals surface area (Å²) in [5.74, 6) is 0.697. The molecular weight excluding hydrogens is 230 g/mol. The van der Waals surface area contributed by atoms with Gasteiger partial charge in [-0.3, -0.25) is 0 Å². The SMILES string of the molecule is Cc1cc(/C(=N/O)NCc2ccccc2C)on1. The Balaban J connectivity index is 2.07. The van der Waals surface area contributed by atoms with Crippen LogP contribution in [0.25, 0.3) is 0 Å². The summed E-state index contributed by atoms with van der Waals surface area (Å²) in [4.78, 5) is 0. The van der Waals surface area contributed by atoms with E-state index in [1.54, 1.807) is 6.07 Å². The lowest BCUT2D eigenvalue weighted by molar-refractivity contribution is 0.313. The Kier molecular flexibility index (Phi) is 3.62. The lowest BCUT2D eigenvalue weighted by Gasteiger charge is -2.07. The van der Waals surface area contributed by atoms with E-state index in [0.29, 0.717) is 12.3 Å². The van der Waals surface area contributed by atoms with Gasteiger partial charge in [0.15, 0.2) is 0 Å². The molecule has 0 amide bonds. The summed E-state index contributed by atoms with van der Waals surface area (Å²) in [6, 6.07) is 9.71. The van der Waals surface area contributed by atoms with Crippen molar-refractivity contribution in [3.8, 4) is 0 Å². The number of amidine groups is 1. The molecule has 0 fully saturated rings. The molecule has 0 saturated heterocycles. The number of nitrogens with zero attached hydrogens (tertiary/aromatic N) is 2. The van der Waals surface area contributed by atoms with E-state index in [-0.39, 0.29) is 5.84 Å². The molecule has 1 aromatic heterocycles. The maximum atomic E-state index is 8.97. The van der Waals surface area contributed by atoms with E-state index < -0.39 is 0 Å². The molecule has 0 atom stereocenters. The van der Waals surface area contributed by atoms with Crippen molar-refractivity contribution in [1.82, 2.24) is 10.5 Å². The lowest BCUT2D eigenvalue weighted by Crippen LogP contribution is -2.24. The van der Waals surface area contributed by atoms with E-state index in [1.165, 1.54) is 5.56 Å². The fourth-order valence-electron chi connectivity index (χ4n) is 1.63. The number of nitrogens with one attached hydrogen (secondary N) is 1. The highest BCUT2D eigenvalue weighted by molar-refractivity contribution is 5.95. The van der Waals surface area contributed by atoms with Crippen molar-refractivity contribution in [2.45, 2.75) is 20.4 Å². The Morgan fingerprint density at radius 2 is 2.17 bits per heavy atom. The van der Waals surface area contributed by atoms with Gasteiger partial charge in [0, 0.05) is 12.6 Å². The van der Waals surface area contributed by atoms with Crippen molar-refractivity contribution in [3.63, 3.8) is 0 Å². The van der Waals surface area contributed by atoms with Gasteiger partial charge >= 0.3 is 0 Å². The van der Waals surface area contributed by atoms with E-state index in [1.807, 2.05) is 38.1 Å².